The van der Waals surface area contributed by atoms with E-state index in [1.807, 2.05) is 0 Å². The zero-order valence-electron chi connectivity index (χ0n) is 29.6. The third-order valence-corrected chi connectivity index (χ3v) is 9.42. The SMILES string of the molecule is CCCCCCCCCCCCCCCCCC(=O)CC(N)(C(=O)O)C(=O)CCCCCCCCCCCCCCCCC. The number of aliphatic carboxylic acids is 1. The van der Waals surface area contributed by atoms with Gasteiger partial charge in [-0.3, -0.25) is 9.59 Å². The molecule has 5 heteroatoms. The van der Waals surface area contributed by atoms with E-state index >= 15 is 0 Å². The van der Waals surface area contributed by atoms with Gasteiger partial charge in [-0.05, 0) is 12.8 Å². The first-order valence-electron chi connectivity index (χ1n) is 19.5. The molecule has 0 spiro atoms. The summed E-state index contributed by atoms with van der Waals surface area (Å²) in [6, 6.07) is 0. The lowest BCUT2D eigenvalue weighted by Crippen LogP contribution is -2.56. The van der Waals surface area contributed by atoms with Crippen LogP contribution in [0.5, 0.6) is 0 Å². The molecule has 0 rings (SSSR count). The molecule has 0 heterocycles. The predicted octanol–water partition coefficient (Wildman–Crippen LogP) is 11.8. The molecule has 5 nitrogen and oxygen atoms in total. The van der Waals surface area contributed by atoms with E-state index in [0.717, 1.165) is 38.5 Å². The van der Waals surface area contributed by atoms with Crippen LogP contribution >= 0.6 is 0 Å². The van der Waals surface area contributed by atoms with Crippen molar-refractivity contribution in [2.45, 2.75) is 231 Å². The normalized spacial score (nSPS) is 12.8. The Bertz CT molecular complexity index is 679. The van der Waals surface area contributed by atoms with Gasteiger partial charge in [-0.25, -0.2) is 4.79 Å². The minimum absolute atomic E-state index is 0.146. The molecule has 0 aromatic heterocycles. The van der Waals surface area contributed by atoms with E-state index in [4.69, 9.17) is 5.73 Å². The molecule has 0 radical (unpaired) electrons. The van der Waals surface area contributed by atoms with Crippen LogP contribution in [-0.4, -0.2) is 28.2 Å². The van der Waals surface area contributed by atoms with Gasteiger partial charge in [0.25, 0.3) is 0 Å². The van der Waals surface area contributed by atoms with Crippen LogP contribution in [0, 0.1) is 0 Å². The van der Waals surface area contributed by atoms with Gasteiger partial charge >= 0.3 is 5.97 Å². The van der Waals surface area contributed by atoms with E-state index in [9.17, 15) is 19.5 Å². The first-order valence-corrected chi connectivity index (χ1v) is 19.5. The summed E-state index contributed by atoms with van der Waals surface area (Å²) in [5, 5.41) is 9.68. The molecular formula is C39H75NO4. The predicted molar refractivity (Wildman–Crippen MR) is 188 cm³/mol. The average molecular weight is 622 g/mol. The highest BCUT2D eigenvalue weighted by molar-refractivity contribution is 6.10. The van der Waals surface area contributed by atoms with Crippen molar-refractivity contribution >= 4 is 17.5 Å². The zero-order chi connectivity index (χ0) is 32.6. The van der Waals surface area contributed by atoms with Gasteiger partial charge in [0.2, 0.25) is 0 Å². The van der Waals surface area contributed by atoms with Crippen LogP contribution in [0.15, 0.2) is 0 Å². The highest BCUT2D eigenvalue weighted by Gasteiger charge is 2.42. The third kappa shape index (κ3) is 26.0. The lowest BCUT2D eigenvalue weighted by molar-refractivity contribution is -0.150. The maximum absolute atomic E-state index is 12.7. The van der Waals surface area contributed by atoms with E-state index in [0.29, 0.717) is 12.8 Å². The Hall–Kier alpha value is -1.23. The number of carboxylic acid groups (broad SMARTS) is 1. The molecule has 0 aliphatic rings. The van der Waals surface area contributed by atoms with Crippen molar-refractivity contribution in [1.29, 1.82) is 0 Å². The standard InChI is InChI=1S/C39H75NO4/c1-3-5-7-9-11-13-15-17-19-21-23-25-27-29-31-33-36(41)35-39(40,38(43)44)37(42)34-32-30-28-26-24-22-20-18-16-14-12-10-8-6-4-2/h3-35,40H2,1-2H3,(H,43,44). The van der Waals surface area contributed by atoms with E-state index < -0.39 is 17.3 Å². The van der Waals surface area contributed by atoms with Crippen LogP contribution in [0.25, 0.3) is 0 Å². The van der Waals surface area contributed by atoms with Gasteiger partial charge < -0.3 is 10.8 Å². The number of hydrogen-bond donors (Lipinski definition) is 2. The second-order valence-corrected chi connectivity index (χ2v) is 13.8. The zero-order valence-corrected chi connectivity index (χ0v) is 29.6. The maximum atomic E-state index is 12.7. The third-order valence-electron chi connectivity index (χ3n) is 9.42. The number of carbonyl (C=O) groups excluding carboxylic acids is 2. The molecule has 0 aromatic rings. The van der Waals surface area contributed by atoms with E-state index in [1.165, 1.54) is 148 Å². The Morgan fingerprint density at radius 3 is 0.955 bits per heavy atom. The van der Waals surface area contributed by atoms with Crippen molar-refractivity contribution in [3.63, 3.8) is 0 Å². The Labute approximate surface area is 273 Å². The quantitative estimate of drug-likeness (QED) is 0.0535. The molecule has 260 valence electrons. The van der Waals surface area contributed by atoms with Gasteiger partial charge in [-0.15, -0.1) is 0 Å². The minimum Gasteiger partial charge on any atom is -0.480 e. The van der Waals surface area contributed by atoms with Crippen LogP contribution in [-0.2, 0) is 14.4 Å². The largest absolute Gasteiger partial charge is 0.480 e. The molecule has 0 bridgehead atoms. The van der Waals surface area contributed by atoms with Crippen molar-refractivity contribution < 1.29 is 19.5 Å². The molecule has 0 saturated carbocycles. The number of hydrogen-bond acceptors (Lipinski definition) is 4. The first-order chi connectivity index (χ1) is 21.4. The van der Waals surface area contributed by atoms with Crippen LogP contribution < -0.4 is 5.73 Å². The summed E-state index contributed by atoms with van der Waals surface area (Å²) >= 11 is 0. The fourth-order valence-corrected chi connectivity index (χ4v) is 6.27. The first kappa shape index (κ1) is 42.8. The smallest absolute Gasteiger partial charge is 0.331 e. The number of carboxylic acids is 1. The molecule has 0 aromatic carbocycles. The van der Waals surface area contributed by atoms with Gasteiger partial charge in [0.05, 0.1) is 0 Å². The summed E-state index contributed by atoms with van der Waals surface area (Å²) < 4.78 is 0. The average Bonchev–Trinajstić information content (AvgIpc) is 3.00. The topological polar surface area (TPSA) is 97.5 Å². The molecular weight excluding hydrogens is 546 g/mol. The van der Waals surface area contributed by atoms with Crippen LogP contribution in [0.4, 0.5) is 0 Å². The Balaban J connectivity index is 3.79. The highest BCUT2D eigenvalue weighted by atomic mass is 16.4. The number of ketones is 2. The summed E-state index contributed by atoms with van der Waals surface area (Å²) in [4.78, 5) is 37.1. The molecule has 0 aliphatic heterocycles. The maximum Gasteiger partial charge on any atom is 0.331 e. The highest BCUT2D eigenvalue weighted by Crippen LogP contribution is 2.19. The van der Waals surface area contributed by atoms with Crippen molar-refractivity contribution in [1.82, 2.24) is 0 Å². The van der Waals surface area contributed by atoms with Gasteiger partial charge in [0.15, 0.2) is 11.3 Å². The van der Waals surface area contributed by atoms with Gasteiger partial charge in [-0.1, -0.05) is 194 Å². The summed E-state index contributed by atoms with van der Waals surface area (Å²) in [6.07, 6.45) is 37.5. The molecule has 3 N–H and O–H groups in total. The van der Waals surface area contributed by atoms with Crippen LogP contribution in [0.3, 0.4) is 0 Å². The monoisotopic (exact) mass is 622 g/mol. The van der Waals surface area contributed by atoms with Crippen LogP contribution in [0.2, 0.25) is 0 Å². The molecule has 44 heavy (non-hydrogen) atoms. The van der Waals surface area contributed by atoms with Gasteiger partial charge in [0, 0.05) is 19.3 Å². The lowest BCUT2D eigenvalue weighted by Gasteiger charge is -2.22. The van der Waals surface area contributed by atoms with Gasteiger partial charge in [0.1, 0.15) is 5.78 Å². The molecule has 0 amide bonds. The lowest BCUT2D eigenvalue weighted by atomic mass is 9.85. The second-order valence-electron chi connectivity index (χ2n) is 13.8. The van der Waals surface area contributed by atoms with Crippen molar-refractivity contribution in [2.75, 3.05) is 0 Å². The van der Waals surface area contributed by atoms with Crippen molar-refractivity contribution in [3.8, 4) is 0 Å². The fourth-order valence-electron chi connectivity index (χ4n) is 6.27. The van der Waals surface area contributed by atoms with Crippen molar-refractivity contribution in [3.05, 3.63) is 0 Å². The Kier molecular flexibility index (Phi) is 30.9. The Morgan fingerprint density at radius 1 is 0.432 bits per heavy atom. The number of rotatable bonds is 36. The van der Waals surface area contributed by atoms with Crippen LogP contribution in [0.1, 0.15) is 226 Å². The summed E-state index contributed by atoms with van der Waals surface area (Å²) in [5.74, 6) is -2.06. The van der Waals surface area contributed by atoms with E-state index in [1.54, 1.807) is 0 Å². The minimum atomic E-state index is -2.07. The molecule has 0 fully saturated rings. The van der Waals surface area contributed by atoms with Gasteiger partial charge in [-0.2, -0.15) is 0 Å². The molecule has 1 unspecified atom stereocenters. The number of nitrogens with two attached hydrogens (primary N) is 1. The summed E-state index contributed by atoms with van der Waals surface area (Å²) in [7, 11) is 0. The molecule has 0 aliphatic carbocycles. The van der Waals surface area contributed by atoms with E-state index in [2.05, 4.69) is 13.8 Å². The Morgan fingerprint density at radius 2 is 0.682 bits per heavy atom. The van der Waals surface area contributed by atoms with E-state index in [-0.39, 0.29) is 18.6 Å². The second kappa shape index (κ2) is 31.7. The summed E-state index contributed by atoms with van der Waals surface area (Å²) in [5.41, 5.74) is 3.97. The number of carbonyl (C=O) groups is 3. The molecule has 0 saturated heterocycles. The number of Topliss-reactive ketones (excluding diaryl/α,β-unsaturated/α-hetero) is 2. The summed E-state index contributed by atoms with van der Waals surface area (Å²) in [6.45, 7) is 4.52. The van der Waals surface area contributed by atoms with Crippen molar-refractivity contribution in [2.24, 2.45) is 5.73 Å². The number of unbranched alkanes of at least 4 members (excludes halogenated alkanes) is 28. The molecule has 1 atom stereocenters. The fraction of sp³-hybridized carbons (Fsp3) is 0.923.